The molecule has 0 radical (unpaired) electrons. The summed E-state index contributed by atoms with van der Waals surface area (Å²) < 4.78 is 6.12. The number of nitrogens with zero attached hydrogens (tertiary/aromatic N) is 3. The van der Waals surface area contributed by atoms with Gasteiger partial charge in [0.15, 0.2) is 5.58 Å². The molecule has 0 saturated carbocycles. The number of aromatic nitrogens is 1. The molecule has 0 spiro atoms. The van der Waals surface area contributed by atoms with Gasteiger partial charge in [-0.3, -0.25) is 4.79 Å². The van der Waals surface area contributed by atoms with Crippen molar-refractivity contribution in [3.05, 3.63) is 83.7 Å². The van der Waals surface area contributed by atoms with E-state index in [-0.39, 0.29) is 11.9 Å². The highest BCUT2D eigenvalue weighted by Crippen LogP contribution is 2.35. The highest BCUT2D eigenvalue weighted by atomic mass is 16.3. The summed E-state index contributed by atoms with van der Waals surface area (Å²) >= 11 is 0. The zero-order valence-electron chi connectivity index (χ0n) is 18.7. The van der Waals surface area contributed by atoms with E-state index in [4.69, 9.17) is 9.40 Å². The standard InChI is InChI=1S/C27H27N3O2/c1-18-6-8-20(9-7-18)27(31)30-16-4-5-24(30)26-28-23-17-21(12-15-25(23)32-26)19-10-13-22(14-11-19)29(2)3/h6-15,17,24H,4-5,16H2,1-3H3/t24-/m0/s1. The number of rotatable bonds is 4. The predicted octanol–water partition coefficient (Wildman–Crippen LogP) is 5.85. The fourth-order valence-electron chi connectivity index (χ4n) is 4.35. The first-order chi connectivity index (χ1) is 15.5. The van der Waals surface area contributed by atoms with Gasteiger partial charge < -0.3 is 14.2 Å². The van der Waals surface area contributed by atoms with Gasteiger partial charge in [-0.05, 0) is 67.3 Å². The van der Waals surface area contributed by atoms with Gasteiger partial charge in [-0.25, -0.2) is 4.98 Å². The van der Waals surface area contributed by atoms with Crippen LogP contribution in [0.5, 0.6) is 0 Å². The van der Waals surface area contributed by atoms with Crippen molar-refractivity contribution in [2.45, 2.75) is 25.8 Å². The molecule has 5 nitrogen and oxygen atoms in total. The molecule has 3 aromatic carbocycles. The van der Waals surface area contributed by atoms with E-state index in [2.05, 4.69) is 41.3 Å². The van der Waals surface area contributed by atoms with Gasteiger partial charge >= 0.3 is 0 Å². The Hall–Kier alpha value is -3.60. The first-order valence-corrected chi connectivity index (χ1v) is 11.1. The van der Waals surface area contributed by atoms with Crippen LogP contribution < -0.4 is 4.90 Å². The first kappa shape index (κ1) is 20.3. The van der Waals surface area contributed by atoms with Crippen LogP contribution in [0.15, 0.2) is 71.1 Å². The molecular weight excluding hydrogens is 398 g/mol. The molecule has 32 heavy (non-hydrogen) atoms. The third-order valence-corrected chi connectivity index (χ3v) is 6.22. The molecule has 0 N–H and O–H groups in total. The molecule has 0 unspecified atom stereocenters. The van der Waals surface area contributed by atoms with Crippen molar-refractivity contribution in [2.24, 2.45) is 0 Å². The molecule has 2 heterocycles. The number of hydrogen-bond acceptors (Lipinski definition) is 4. The lowest BCUT2D eigenvalue weighted by Crippen LogP contribution is -2.30. The van der Waals surface area contributed by atoms with Gasteiger partial charge in [-0.2, -0.15) is 0 Å². The smallest absolute Gasteiger partial charge is 0.254 e. The Balaban J connectivity index is 1.42. The molecule has 1 amide bonds. The van der Waals surface area contributed by atoms with Crippen LogP contribution in [0.1, 0.15) is 40.7 Å². The van der Waals surface area contributed by atoms with Gasteiger partial charge in [-0.1, -0.05) is 35.9 Å². The van der Waals surface area contributed by atoms with Crippen molar-refractivity contribution in [3.63, 3.8) is 0 Å². The molecule has 1 aromatic heterocycles. The van der Waals surface area contributed by atoms with Crippen LogP contribution in [0.2, 0.25) is 0 Å². The minimum absolute atomic E-state index is 0.0384. The second-order valence-electron chi connectivity index (χ2n) is 8.70. The van der Waals surface area contributed by atoms with Crippen molar-refractivity contribution >= 4 is 22.7 Å². The molecule has 4 aromatic rings. The molecule has 0 bridgehead atoms. The predicted molar refractivity (Wildman–Crippen MR) is 128 cm³/mol. The maximum atomic E-state index is 13.1. The Bertz CT molecular complexity index is 1260. The second-order valence-corrected chi connectivity index (χ2v) is 8.70. The Morgan fingerprint density at radius 2 is 1.72 bits per heavy atom. The lowest BCUT2D eigenvalue weighted by atomic mass is 10.0. The molecule has 5 rings (SSSR count). The zero-order valence-corrected chi connectivity index (χ0v) is 18.7. The van der Waals surface area contributed by atoms with Gasteiger partial charge in [0.1, 0.15) is 11.6 Å². The maximum Gasteiger partial charge on any atom is 0.254 e. The third kappa shape index (κ3) is 3.75. The summed E-state index contributed by atoms with van der Waals surface area (Å²) in [6.45, 7) is 2.75. The lowest BCUT2D eigenvalue weighted by Gasteiger charge is -2.22. The molecule has 1 aliphatic heterocycles. The summed E-state index contributed by atoms with van der Waals surface area (Å²) in [5, 5.41) is 0. The number of aryl methyl sites for hydroxylation is 1. The maximum absolute atomic E-state index is 13.1. The minimum atomic E-state index is -0.126. The van der Waals surface area contributed by atoms with Crippen LogP contribution in [0.25, 0.3) is 22.2 Å². The fraction of sp³-hybridized carbons (Fsp3) is 0.259. The van der Waals surface area contributed by atoms with Crippen LogP contribution in [0.3, 0.4) is 0 Å². The van der Waals surface area contributed by atoms with E-state index in [1.165, 1.54) is 0 Å². The normalized spacial score (nSPS) is 16.0. The number of likely N-dealkylation sites (tertiary alicyclic amines) is 1. The lowest BCUT2D eigenvalue weighted by molar-refractivity contribution is 0.0717. The molecular formula is C27H27N3O2. The molecule has 5 heteroatoms. The monoisotopic (exact) mass is 425 g/mol. The van der Waals surface area contributed by atoms with Crippen molar-refractivity contribution in [3.8, 4) is 11.1 Å². The average molecular weight is 426 g/mol. The summed E-state index contributed by atoms with van der Waals surface area (Å²) in [6.07, 6.45) is 1.81. The average Bonchev–Trinajstić information content (AvgIpc) is 3.45. The topological polar surface area (TPSA) is 49.6 Å². The van der Waals surface area contributed by atoms with E-state index in [1.807, 2.05) is 56.3 Å². The quantitative estimate of drug-likeness (QED) is 0.412. The number of fused-ring (bicyclic) bond motifs is 1. The Morgan fingerprint density at radius 3 is 2.44 bits per heavy atom. The number of carbonyl (C=O) groups is 1. The van der Waals surface area contributed by atoms with Crippen molar-refractivity contribution in [1.29, 1.82) is 0 Å². The Kier molecular flexibility index (Phi) is 5.17. The summed E-state index contributed by atoms with van der Waals surface area (Å²) in [5.41, 5.74) is 6.83. The second kappa shape index (κ2) is 8.15. The van der Waals surface area contributed by atoms with Crippen molar-refractivity contribution in [2.75, 3.05) is 25.5 Å². The van der Waals surface area contributed by atoms with Crippen LogP contribution in [0, 0.1) is 6.92 Å². The number of anilines is 1. The number of hydrogen-bond donors (Lipinski definition) is 0. The number of benzene rings is 3. The Labute approximate surface area is 188 Å². The van der Waals surface area contributed by atoms with E-state index in [0.29, 0.717) is 11.5 Å². The highest BCUT2D eigenvalue weighted by molar-refractivity contribution is 5.94. The van der Waals surface area contributed by atoms with E-state index < -0.39 is 0 Å². The molecule has 0 aliphatic carbocycles. The zero-order chi connectivity index (χ0) is 22.2. The summed E-state index contributed by atoms with van der Waals surface area (Å²) in [4.78, 5) is 21.9. The van der Waals surface area contributed by atoms with Gasteiger partial charge in [-0.15, -0.1) is 0 Å². The molecule has 1 saturated heterocycles. The van der Waals surface area contributed by atoms with E-state index in [1.54, 1.807) is 0 Å². The van der Waals surface area contributed by atoms with E-state index in [9.17, 15) is 4.79 Å². The fourth-order valence-corrected chi connectivity index (χ4v) is 4.35. The highest BCUT2D eigenvalue weighted by Gasteiger charge is 2.34. The molecule has 162 valence electrons. The number of oxazole rings is 1. The minimum Gasteiger partial charge on any atom is -0.438 e. The van der Waals surface area contributed by atoms with Crippen LogP contribution in [-0.2, 0) is 0 Å². The van der Waals surface area contributed by atoms with Gasteiger partial charge in [0.2, 0.25) is 5.89 Å². The number of carbonyl (C=O) groups excluding carboxylic acids is 1. The summed E-state index contributed by atoms with van der Waals surface area (Å²) in [5.74, 6) is 0.662. The van der Waals surface area contributed by atoms with Crippen LogP contribution in [0.4, 0.5) is 5.69 Å². The van der Waals surface area contributed by atoms with Gasteiger partial charge in [0.25, 0.3) is 5.91 Å². The SMILES string of the molecule is Cc1ccc(C(=O)N2CCC[C@H]2c2nc3cc(-c4ccc(N(C)C)cc4)ccc3o2)cc1. The van der Waals surface area contributed by atoms with Crippen LogP contribution >= 0.6 is 0 Å². The van der Waals surface area contributed by atoms with Gasteiger partial charge in [0, 0.05) is 31.9 Å². The van der Waals surface area contributed by atoms with Crippen molar-refractivity contribution in [1.82, 2.24) is 9.88 Å². The first-order valence-electron chi connectivity index (χ1n) is 11.1. The molecule has 1 atom stereocenters. The van der Waals surface area contributed by atoms with Crippen LogP contribution in [-0.4, -0.2) is 36.4 Å². The largest absolute Gasteiger partial charge is 0.438 e. The molecule has 1 fully saturated rings. The van der Waals surface area contributed by atoms with E-state index in [0.717, 1.165) is 52.9 Å². The molecule has 1 aliphatic rings. The summed E-state index contributed by atoms with van der Waals surface area (Å²) in [6, 6.07) is 22.2. The van der Waals surface area contributed by atoms with E-state index >= 15 is 0 Å². The Morgan fingerprint density at radius 1 is 1.00 bits per heavy atom. The van der Waals surface area contributed by atoms with Crippen molar-refractivity contribution < 1.29 is 9.21 Å². The summed E-state index contributed by atoms with van der Waals surface area (Å²) in [7, 11) is 4.07. The number of amides is 1. The van der Waals surface area contributed by atoms with Gasteiger partial charge in [0.05, 0.1) is 0 Å². The third-order valence-electron chi connectivity index (χ3n) is 6.22.